The molecule has 5 nitrogen and oxygen atoms in total. The summed E-state index contributed by atoms with van der Waals surface area (Å²) in [6.07, 6.45) is 5.11. The van der Waals surface area contributed by atoms with E-state index in [1.54, 1.807) is 17.7 Å². The molecule has 1 atom stereocenters. The third kappa shape index (κ3) is 3.22. The van der Waals surface area contributed by atoms with Crippen molar-refractivity contribution in [2.24, 2.45) is 5.92 Å². The number of benzene rings is 1. The highest BCUT2D eigenvalue weighted by atomic mass is 32.1. The van der Waals surface area contributed by atoms with Crippen molar-refractivity contribution in [2.45, 2.75) is 33.1 Å². The Balaban J connectivity index is 1.67. The van der Waals surface area contributed by atoms with Crippen LogP contribution in [0, 0.1) is 5.92 Å². The first-order valence-corrected chi connectivity index (χ1v) is 9.31. The lowest BCUT2D eigenvalue weighted by molar-refractivity contribution is -0.114. The third-order valence-corrected chi connectivity index (χ3v) is 5.76. The largest absolute Gasteiger partial charge is 0.340 e. The Kier molecular flexibility index (Phi) is 4.13. The van der Waals surface area contributed by atoms with Gasteiger partial charge in [0, 0.05) is 23.2 Å². The minimum atomic E-state index is -0.0720. The number of nitrogens with one attached hydrogen (secondary N) is 2. The zero-order chi connectivity index (χ0) is 17.4. The fraction of sp³-hybridized carbons (Fsp3) is 0.316. The summed E-state index contributed by atoms with van der Waals surface area (Å²) in [5.74, 6) is 1.50. The van der Waals surface area contributed by atoms with Crippen LogP contribution in [0.3, 0.4) is 0 Å². The predicted octanol–water partition coefficient (Wildman–Crippen LogP) is 4.52. The number of anilines is 3. The van der Waals surface area contributed by atoms with E-state index in [4.69, 9.17) is 0 Å². The standard InChI is InChI=1S/C19H20N4OS/c1-11-3-8-16-15(9-11)17-18(20-10-21-19(17)25-16)23-14-6-4-13(5-7-14)22-12(2)24/h4-7,10-11H,3,8-9H2,1-2H3,(H,22,24)(H,20,21,23)/t11-/m0/s1. The van der Waals surface area contributed by atoms with Gasteiger partial charge in [-0.15, -0.1) is 11.3 Å². The Hall–Kier alpha value is -2.47. The van der Waals surface area contributed by atoms with Crippen LogP contribution in [0.2, 0.25) is 0 Å². The van der Waals surface area contributed by atoms with Gasteiger partial charge in [-0.1, -0.05) is 6.92 Å². The molecule has 0 bridgehead atoms. The SMILES string of the molecule is CC(=O)Nc1ccc(Nc2ncnc3sc4c(c23)C[C@@H](C)CC4)cc1. The van der Waals surface area contributed by atoms with E-state index in [-0.39, 0.29) is 5.91 Å². The number of carbonyl (C=O) groups is 1. The second-order valence-corrected chi connectivity index (χ2v) is 7.72. The molecule has 0 aliphatic heterocycles. The Labute approximate surface area is 150 Å². The van der Waals surface area contributed by atoms with E-state index in [1.165, 1.54) is 29.2 Å². The highest BCUT2D eigenvalue weighted by molar-refractivity contribution is 7.19. The molecule has 1 aliphatic rings. The molecule has 0 unspecified atom stereocenters. The summed E-state index contributed by atoms with van der Waals surface area (Å²) in [4.78, 5) is 22.6. The second-order valence-electron chi connectivity index (χ2n) is 6.64. The Morgan fingerprint density at radius 2 is 1.96 bits per heavy atom. The predicted molar refractivity (Wildman–Crippen MR) is 103 cm³/mol. The summed E-state index contributed by atoms with van der Waals surface area (Å²) in [7, 11) is 0. The molecule has 4 rings (SSSR count). The van der Waals surface area contributed by atoms with Crippen molar-refractivity contribution in [1.29, 1.82) is 0 Å². The molecule has 2 heterocycles. The van der Waals surface area contributed by atoms with E-state index in [2.05, 4.69) is 27.5 Å². The Bertz CT molecular complexity index is 932. The molecule has 0 radical (unpaired) electrons. The molecular weight excluding hydrogens is 332 g/mol. The molecule has 0 saturated carbocycles. The van der Waals surface area contributed by atoms with Crippen LogP contribution in [0.25, 0.3) is 10.2 Å². The summed E-state index contributed by atoms with van der Waals surface area (Å²) >= 11 is 1.80. The molecule has 1 aromatic carbocycles. The van der Waals surface area contributed by atoms with Crippen LogP contribution in [0.15, 0.2) is 30.6 Å². The molecule has 3 aromatic rings. The average Bonchev–Trinajstić information content (AvgIpc) is 2.95. The summed E-state index contributed by atoms with van der Waals surface area (Å²) in [5.41, 5.74) is 3.14. The lowest BCUT2D eigenvalue weighted by Gasteiger charge is -2.18. The molecule has 0 saturated heterocycles. The Morgan fingerprint density at radius 1 is 1.20 bits per heavy atom. The normalized spacial score (nSPS) is 16.5. The van der Waals surface area contributed by atoms with Crippen molar-refractivity contribution in [3.8, 4) is 0 Å². The van der Waals surface area contributed by atoms with Crippen molar-refractivity contribution >= 4 is 44.7 Å². The number of thiophene rings is 1. The van der Waals surface area contributed by atoms with Crippen molar-refractivity contribution in [3.63, 3.8) is 0 Å². The smallest absolute Gasteiger partial charge is 0.221 e. The first kappa shape index (κ1) is 16.0. The second kappa shape index (κ2) is 6.44. The van der Waals surface area contributed by atoms with Crippen LogP contribution in [-0.2, 0) is 17.6 Å². The van der Waals surface area contributed by atoms with Crippen LogP contribution in [0.4, 0.5) is 17.2 Å². The summed E-state index contributed by atoms with van der Waals surface area (Å²) in [5, 5.41) is 7.36. The molecule has 1 aliphatic carbocycles. The summed E-state index contributed by atoms with van der Waals surface area (Å²) in [6, 6.07) is 7.65. The number of rotatable bonds is 3. The van der Waals surface area contributed by atoms with Gasteiger partial charge in [0.05, 0.1) is 5.39 Å². The zero-order valence-electron chi connectivity index (χ0n) is 14.3. The highest BCUT2D eigenvalue weighted by Gasteiger charge is 2.23. The van der Waals surface area contributed by atoms with Crippen LogP contribution < -0.4 is 10.6 Å². The number of nitrogens with zero attached hydrogens (tertiary/aromatic N) is 2. The maximum absolute atomic E-state index is 11.1. The number of aryl methyl sites for hydroxylation is 1. The van der Waals surface area contributed by atoms with E-state index >= 15 is 0 Å². The molecule has 25 heavy (non-hydrogen) atoms. The van der Waals surface area contributed by atoms with Gasteiger partial charge in [-0.2, -0.15) is 0 Å². The minimum Gasteiger partial charge on any atom is -0.340 e. The number of aromatic nitrogens is 2. The highest BCUT2D eigenvalue weighted by Crippen LogP contribution is 2.40. The van der Waals surface area contributed by atoms with E-state index in [0.717, 1.165) is 34.9 Å². The van der Waals surface area contributed by atoms with Crippen LogP contribution in [0.5, 0.6) is 0 Å². The van der Waals surface area contributed by atoms with Crippen molar-refractivity contribution < 1.29 is 4.79 Å². The van der Waals surface area contributed by atoms with Gasteiger partial charge >= 0.3 is 0 Å². The molecule has 2 aromatic heterocycles. The number of fused-ring (bicyclic) bond motifs is 3. The van der Waals surface area contributed by atoms with Crippen LogP contribution in [0.1, 0.15) is 30.7 Å². The number of carbonyl (C=O) groups excluding carboxylic acids is 1. The van der Waals surface area contributed by atoms with E-state index in [0.29, 0.717) is 5.92 Å². The number of amides is 1. The van der Waals surface area contributed by atoms with Gasteiger partial charge in [-0.25, -0.2) is 9.97 Å². The maximum atomic E-state index is 11.1. The Morgan fingerprint density at radius 3 is 2.72 bits per heavy atom. The van der Waals surface area contributed by atoms with Gasteiger partial charge in [0.15, 0.2) is 0 Å². The quantitative estimate of drug-likeness (QED) is 0.727. The zero-order valence-corrected chi connectivity index (χ0v) is 15.1. The molecule has 0 spiro atoms. The minimum absolute atomic E-state index is 0.0720. The molecular formula is C19H20N4OS. The van der Waals surface area contributed by atoms with Crippen molar-refractivity contribution in [3.05, 3.63) is 41.0 Å². The van der Waals surface area contributed by atoms with Gasteiger partial charge in [0.2, 0.25) is 5.91 Å². The molecule has 2 N–H and O–H groups in total. The van der Waals surface area contributed by atoms with E-state index in [9.17, 15) is 4.79 Å². The molecule has 0 fully saturated rings. The van der Waals surface area contributed by atoms with E-state index < -0.39 is 0 Å². The number of hydrogen-bond donors (Lipinski definition) is 2. The van der Waals surface area contributed by atoms with Gasteiger partial charge in [0.25, 0.3) is 0 Å². The number of hydrogen-bond acceptors (Lipinski definition) is 5. The van der Waals surface area contributed by atoms with Crippen molar-refractivity contribution in [1.82, 2.24) is 9.97 Å². The lowest BCUT2D eigenvalue weighted by Crippen LogP contribution is -2.09. The van der Waals surface area contributed by atoms with Crippen LogP contribution in [-0.4, -0.2) is 15.9 Å². The molecule has 6 heteroatoms. The summed E-state index contributed by atoms with van der Waals surface area (Å²) in [6.45, 7) is 3.81. The maximum Gasteiger partial charge on any atom is 0.221 e. The van der Waals surface area contributed by atoms with Gasteiger partial charge in [-0.05, 0) is 55.0 Å². The van der Waals surface area contributed by atoms with E-state index in [1.807, 2.05) is 24.3 Å². The van der Waals surface area contributed by atoms with Crippen LogP contribution >= 0.6 is 11.3 Å². The average molecular weight is 352 g/mol. The monoisotopic (exact) mass is 352 g/mol. The van der Waals surface area contributed by atoms with Gasteiger partial charge in [0.1, 0.15) is 17.0 Å². The fourth-order valence-corrected chi connectivity index (χ4v) is 4.54. The fourth-order valence-electron chi connectivity index (χ4n) is 3.35. The lowest BCUT2D eigenvalue weighted by atomic mass is 9.88. The summed E-state index contributed by atoms with van der Waals surface area (Å²) < 4.78 is 0. The van der Waals surface area contributed by atoms with Gasteiger partial charge < -0.3 is 10.6 Å². The van der Waals surface area contributed by atoms with Crippen molar-refractivity contribution in [2.75, 3.05) is 10.6 Å². The topological polar surface area (TPSA) is 66.9 Å². The first-order valence-electron chi connectivity index (χ1n) is 8.50. The molecule has 128 valence electrons. The molecule has 1 amide bonds. The first-order chi connectivity index (χ1) is 12.1. The van der Waals surface area contributed by atoms with Gasteiger partial charge in [-0.3, -0.25) is 4.79 Å². The third-order valence-electron chi connectivity index (χ3n) is 4.56.